The summed E-state index contributed by atoms with van der Waals surface area (Å²) in [7, 11) is -1.82. The van der Waals surface area contributed by atoms with Crippen LogP contribution in [0.4, 0.5) is 11.4 Å². The van der Waals surface area contributed by atoms with Crippen LogP contribution in [0.25, 0.3) is 0 Å². The Hall–Kier alpha value is -3.04. The molecule has 4 aromatic carbocycles. The van der Waals surface area contributed by atoms with Gasteiger partial charge in [-0.15, -0.1) is 0 Å². The molecule has 0 atom stereocenters. The molecule has 0 N–H and O–H groups in total. The molecular weight excluding hydrogens is 449 g/mol. The maximum Gasteiger partial charge on any atom is 0.327 e. The van der Waals surface area contributed by atoms with Crippen LogP contribution in [0.1, 0.15) is 47.2 Å². The van der Waals surface area contributed by atoms with E-state index in [1.54, 1.807) is 10.4 Å². The molecule has 0 radical (unpaired) electrons. The topological polar surface area (TPSA) is 3.24 Å². The Morgan fingerprint density at radius 2 is 1.06 bits per heavy atom. The quantitative estimate of drug-likeness (QED) is 0.316. The molecule has 3 heteroatoms. The van der Waals surface area contributed by atoms with Crippen molar-refractivity contribution in [3.63, 3.8) is 0 Å². The van der Waals surface area contributed by atoms with Crippen LogP contribution in [-0.2, 0) is 5.41 Å². The highest BCUT2D eigenvalue weighted by Crippen LogP contribution is 2.52. The highest BCUT2D eigenvalue weighted by atomic mass is 28.3. The summed E-state index contributed by atoms with van der Waals surface area (Å²) in [6.07, 6.45) is 0. The van der Waals surface area contributed by atoms with Gasteiger partial charge in [0.05, 0.1) is 0 Å². The first-order valence-corrected chi connectivity index (χ1v) is 16.2. The van der Waals surface area contributed by atoms with Gasteiger partial charge in [-0.1, -0.05) is 132 Å². The van der Waals surface area contributed by atoms with E-state index in [2.05, 4.69) is 132 Å². The summed E-state index contributed by atoms with van der Waals surface area (Å²) in [5, 5.41) is 3.13. The fraction of sp³-hybridized carbons (Fsp3) is 0.273. The van der Waals surface area contributed by atoms with Gasteiger partial charge in [0.15, 0.2) is 0 Å². The number of aryl methyl sites for hydroxylation is 4. The first kappa shape index (κ1) is 23.4. The van der Waals surface area contributed by atoms with Crippen molar-refractivity contribution in [2.75, 3.05) is 4.81 Å². The van der Waals surface area contributed by atoms with Crippen LogP contribution < -0.4 is 26.1 Å². The molecule has 0 bridgehead atoms. The molecule has 0 saturated carbocycles. The van der Waals surface area contributed by atoms with E-state index < -0.39 is 8.07 Å². The van der Waals surface area contributed by atoms with E-state index in [9.17, 15) is 0 Å². The highest BCUT2D eigenvalue weighted by Gasteiger charge is 2.48. The summed E-state index contributed by atoms with van der Waals surface area (Å²) in [5.74, 6) is 0. The summed E-state index contributed by atoms with van der Waals surface area (Å²) in [4.78, 5) is 2.72. The molecule has 0 amide bonds. The zero-order chi connectivity index (χ0) is 25.6. The molecule has 0 aliphatic carbocycles. The second-order valence-electron chi connectivity index (χ2n) is 12.2. The number of anilines is 2. The molecule has 2 aliphatic rings. The van der Waals surface area contributed by atoms with E-state index in [1.165, 1.54) is 55.7 Å². The normalized spacial score (nSPS) is 16.7. The third kappa shape index (κ3) is 3.08. The van der Waals surface area contributed by atoms with Gasteiger partial charge in [-0.25, -0.2) is 0 Å². The number of benzene rings is 4. The van der Waals surface area contributed by atoms with Crippen molar-refractivity contribution in [1.29, 1.82) is 0 Å². The third-order valence-corrected chi connectivity index (χ3v) is 12.4. The molecule has 180 valence electrons. The Bertz CT molecular complexity index is 1440. The van der Waals surface area contributed by atoms with E-state index >= 15 is 0 Å². The monoisotopic (exact) mass is 485 g/mol. The van der Waals surface area contributed by atoms with Crippen LogP contribution in [0.3, 0.4) is 0 Å². The van der Waals surface area contributed by atoms with Gasteiger partial charge in [0, 0.05) is 16.8 Å². The third-order valence-electron chi connectivity index (χ3n) is 8.83. The Kier molecular flexibility index (Phi) is 5.02. The van der Waals surface area contributed by atoms with Gasteiger partial charge in [-0.2, -0.15) is 0 Å². The fourth-order valence-electron chi connectivity index (χ4n) is 7.23. The van der Waals surface area contributed by atoms with Crippen LogP contribution >= 0.6 is 0 Å². The minimum atomic E-state index is -1.82. The molecule has 2 aliphatic heterocycles. The molecule has 0 fully saturated rings. The number of hydrogen-bond donors (Lipinski definition) is 0. The van der Waals surface area contributed by atoms with Gasteiger partial charge < -0.3 is 4.81 Å². The van der Waals surface area contributed by atoms with E-state index in [-0.39, 0.29) is 12.3 Å². The Morgan fingerprint density at radius 3 is 1.50 bits per heavy atom. The zero-order valence-electron chi connectivity index (χ0n) is 23.0. The lowest BCUT2D eigenvalue weighted by molar-refractivity contribution is 0.630. The predicted octanol–water partition coefficient (Wildman–Crippen LogP) is 5.64. The van der Waals surface area contributed by atoms with Crippen LogP contribution in [0.5, 0.6) is 0 Å². The lowest BCUT2D eigenvalue weighted by atomic mass is 9.47. The average Bonchev–Trinajstić information content (AvgIpc) is 2.81. The van der Waals surface area contributed by atoms with Crippen molar-refractivity contribution < 1.29 is 0 Å². The molecular formula is C33H36BNSi. The highest BCUT2D eigenvalue weighted by molar-refractivity contribution is 7.11. The molecule has 1 nitrogen and oxygen atoms in total. The minimum absolute atomic E-state index is 0.0730. The standard InChI is InChI=1S/C33H36BNSi/c1-21-17-23(3)31-25(19-21)33(5,6)26-20-22(2)18-24(4)32(26)35(31)34-27-13-9-11-15-29(27)36(7,8)30-16-12-10-14-28(30)34/h9-20H,1-8H3. The lowest BCUT2D eigenvalue weighted by Gasteiger charge is -2.49. The smallest absolute Gasteiger partial charge is 0.327 e. The van der Waals surface area contributed by atoms with Gasteiger partial charge >= 0.3 is 6.85 Å². The van der Waals surface area contributed by atoms with Gasteiger partial charge in [-0.05, 0) is 49.9 Å². The van der Waals surface area contributed by atoms with Crippen molar-refractivity contribution in [3.05, 3.63) is 106 Å². The maximum absolute atomic E-state index is 2.72. The molecule has 0 aromatic heterocycles. The predicted molar refractivity (Wildman–Crippen MR) is 161 cm³/mol. The Balaban J connectivity index is 1.77. The van der Waals surface area contributed by atoms with Crippen molar-refractivity contribution in [2.24, 2.45) is 0 Å². The molecule has 2 heterocycles. The summed E-state index contributed by atoms with van der Waals surface area (Å²) >= 11 is 0. The molecule has 0 saturated heterocycles. The van der Waals surface area contributed by atoms with E-state index in [0.29, 0.717) is 0 Å². The number of fused-ring (bicyclic) bond motifs is 4. The Labute approximate surface area is 218 Å². The van der Waals surface area contributed by atoms with Gasteiger partial charge in [-0.3, -0.25) is 0 Å². The number of nitrogens with zero attached hydrogens (tertiary/aromatic N) is 1. The molecule has 6 rings (SSSR count). The largest absolute Gasteiger partial charge is 0.376 e. The minimum Gasteiger partial charge on any atom is -0.376 e. The van der Waals surface area contributed by atoms with Gasteiger partial charge in [0.1, 0.15) is 8.07 Å². The molecule has 0 spiro atoms. The van der Waals surface area contributed by atoms with Crippen molar-refractivity contribution in [1.82, 2.24) is 0 Å². The number of hydrogen-bond acceptors (Lipinski definition) is 1. The van der Waals surface area contributed by atoms with Crippen molar-refractivity contribution >= 4 is 47.6 Å². The van der Waals surface area contributed by atoms with E-state index in [0.717, 1.165) is 0 Å². The average molecular weight is 486 g/mol. The first-order valence-electron chi connectivity index (χ1n) is 13.2. The van der Waals surface area contributed by atoms with Gasteiger partial charge in [0.2, 0.25) is 0 Å². The SMILES string of the molecule is Cc1cc(C)c2c(c1)C(C)(C)c1cc(C)cc(C)c1N2B1c2ccccc2[Si](C)(C)c2ccccc21. The second-order valence-corrected chi connectivity index (χ2v) is 16.5. The van der Waals surface area contributed by atoms with E-state index in [4.69, 9.17) is 0 Å². The maximum atomic E-state index is 2.72. The molecule has 4 aromatic rings. The van der Waals surface area contributed by atoms with Crippen LogP contribution in [-0.4, -0.2) is 14.9 Å². The van der Waals surface area contributed by atoms with Crippen LogP contribution in [0.2, 0.25) is 13.1 Å². The zero-order valence-corrected chi connectivity index (χ0v) is 24.0. The number of rotatable bonds is 1. The van der Waals surface area contributed by atoms with Crippen molar-refractivity contribution in [3.8, 4) is 0 Å². The lowest BCUT2D eigenvalue weighted by Crippen LogP contribution is -2.77. The van der Waals surface area contributed by atoms with Gasteiger partial charge in [0.25, 0.3) is 0 Å². The Morgan fingerprint density at radius 1 is 0.639 bits per heavy atom. The second kappa shape index (κ2) is 7.73. The summed E-state index contributed by atoms with van der Waals surface area (Å²) in [6, 6.07) is 28.2. The first-order chi connectivity index (χ1) is 17.0. The van der Waals surface area contributed by atoms with E-state index in [1.807, 2.05) is 0 Å². The van der Waals surface area contributed by atoms with Crippen LogP contribution in [0, 0.1) is 27.7 Å². The molecule has 36 heavy (non-hydrogen) atoms. The van der Waals surface area contributed by atoms with Crippen LogP contribution in [0.15, 0.2) is 72.8 Å². The van der Waals surface area contributed by atoms with Crippen molar-refractivity contribution in [2.45, 2.75) is 60.1 Å². The fourth-order valence-corrected chi connectivity index (χ4v) is 10.4. The molecule has 0 unspecified atom stereocenters. The summed E-state index contributed by atoms with van der Waals surface area (Å²) in [6.45, 7) is 19.1. The summed E-state index contributed by atoms with van der Waals surface area (Å²) < 4.78 is 0. The summed E-state index contributed by atoms with van der Waals surface area (Å²) in [5.41, 5.74) is 13.9.